The van der Waals surface area contributed by atoms with Crippen LogP contribution in [0.2, 0.25) is 0 Å². The lowest BCUT2D eigenvalue weighted by molar-refractivity contribution is -0.264. The number of hydrogen-bond donors (Lipinski definition) is 0. The van der Waals surface area contributed by atoms with E-state index in [1.807, 2.05) is 0 Å². The molecule has 0 amide bonds. The second-order valence-corrected chi connectivity index (χ2v) is 5.91. The second kappa shape index (κ2) is 2.98. The van der Waals surface area contributed by atoms with Crippen LogP contribution in [0.3, 0.4) is 0 Å². The van der Waals surface area contributed by atoms with Gasteiger partial charge in [-0.2, -0.15) is 0 Å². The highest BCUT2D eigenvalue weighted by Gasteiger charge is 2.57. The zero-order valence-corrected chi connectivity index (χ0v) is 10.0. The Hall–Kier alpha value is -0.0400. The van der Waals surface area contributed by atoms with Crippen LogP contribution in [0.1, 0.15) is 54.4 Å². The van der Waals surface area contributed by atoms with Gasteiger partial charge in [-0.3, -0.25) is 0 Å². The van der Waals surface area contributed by atoms with Crippen LogP contribution in [0, 0.1) is 10.8 Å². The average molecular weight is 184 g/mol. The van der Waals surface area contributed by atoms with E-state index in [1.165, 1.54) is 12.8 Å². The molecule has 0 spiro atoms. The van der Waals surface area contributed by atoms with Crippen molar-refractivity contribution in [2.24, 2.45) is 10.8 Å². The summed E-state index contributed by atoms with van der Waals surface area (Å²) in [4.78, 5) is 0. The monoisotopic (exact) mass is 184 g/mol. The van der Waals surface area contributed by atoms with Crippen LogP contribution < -0.4 is 0 Å². The molecule has 0 saturated carbocycles. The molecule has 1 aliphatic rings. The average Bonchev–Trinajstić information content (AvgIpc) is 1.80. The van der Waals surface area contributed by atoms with Crippen molar-refractivity contribution in [3.05, 3.63) is 0 Å². The van der Waals surface area contributed by atoms with E-state index in [0.717, 1.165) is 6.61 Å². The van der Waals surface area contributed by atoms with E-state index in [0.29, 0.717) is 5.41 Å². The summed E-state index contributed by atoms with van der Waals surface area (Å²) in [5.41, 5.74) is 0.656. The molecule has 0 bridgehead atoms. The van der Waals surface area contributed by atoms with Crippen molar-refractivity contribution in [3.63, 3.8) is 0 Å². The van der Waals surface area contributed by atoms with Crippen molar-refractivity contribution < 1.29 is 4.74 Å². The largest absolute Gasteiger partial charge is 0.374 e. The van der Waals surface area contributed by atoms with Crippen LogP contribution in [0.4, 0.5) is 0 Å². The third-order valence-electron chi connectivity index (χ3n) is 3.99. The smallest absolute Gasteiger partial charge is 0.0802 e. The van der Waals surface area contributed by atoms with Crippen LogP contribution in [0.15, 0.2) is 0 Å². The molecule has 0 aromatic rings. The van der Waals surface area contributed by atoms with E-state index in [2.05, 4.69) is 41.5 Å². The molecular formula is C12H24O. The first-order valence-electron chi connectivity index (χ1n) is 5.41. The van der Waals surface area contributed by atoms with E-state index >= 15 is 0 Å². The summed E-state index contributed by atoms with van der Waals surface area (Å²) in [6.07, 6.45) is 2.40. The van der Waals surface area contributed by atoms with Gasteiger partial charge in [-0.1, -0.05) is 41.5 Å². The minimum atomic E-state index is 0.106. The quantitative estimate of drug-likeness (QED) is 0.637. The predicted octanol–water partition coefficient (Wildman–Crippen LogP) is 3.63. The fourth-order valence-electron chi connectivity index (χ4n) is 2.73. The van der Waals surface area contributed by atoms with Crippen LogP contribution in [0.25, 0.3) is 0 Å². The van der Waals surface area contributed by atoms with Crippen molar-refractivity contribution in [1.82, 2.24) is 0 Å². The molecule has 0 aromatic heterocycles. The third kappa shape index (κ3) is 1.41. The van der Waals surface area contributed by atoms with E-state index in [1.54, 1.807) is 0 Å². The van der Waals surface area contributed by atoms with E-state index in [-0.39, 0.29) is 11.0 Å². The Kier molecular flexibility index (Phi) is 2.53. The normalized spacial score (nSPS) is 30.0. The van der Waals surface area contributed by atoms with Gasteiger partial charge in [-0.25, -0.2) is 0 Å². The van der Waals surface area contributed by atoms with Crippen molar-refractivity contribution >= 4 is 0 Å². The highest BCUT2D eigenvalue weighted by atomic mass is 16.5. The lowest BCUT2D eigenvalue weighted by atomic mass is 9.57. The van der Waals surface area contributed by atoms with Crippen molar-refractivity contribution in [1.29, 1.82) is 0 Å². The molecule has 1 nitrogen and oxygen atoms in total. The summed E-state index contributed by atoms with van der Waals surface area (Å²) in [5.74, 6) is 0. The van der Waals surface area contributed by atoms with Crippen molar-refractivity contribution in [2.45, 2.75) is 60.0 Å². The maximum absolute atomic E-state index is 5.94. The molecule has 0 aliphatic carbocycles. The van der Waals surface area contributed by atoms with Gasteiger partial charge in [0.15, 0.2) is 0 Å². The maximum atomic E-state index is 5.94. The Balaban J connectivity index is 2.94. The van der Waals surface area contributed by atoms with Gasteiger partial charge in [0.2, 0.25) is 0 Å². The molecule has 1 heteroatoms. The highest BCUT2D eigenvalue weighted by molar-refractivity contribution is 5.06. The molecule has 0 N–H and O–H groups in total. The van der Waals surface area contributed by atoms with Gasteiger partial charge in [-0.05, 0) is 17.3 Å². The molecule has 1 saturated heterocycles. The summed E-state index contributed by atoms with van der Waals surface area (Å²) < 4.78 is 5.94. The lowest BCUT2D eigenvalue weighted by Crippen LogP contribution is -2.62. The minimum absolute atomic E-state index is 0.106. The molecule has 1 atom stereocenters. The third-order valence-corrected chi connectivity index (χ3v) is 3.99. The van der Waals surface area contributed by atoms with Gasteiger partial charge in [0.25, 0.3) is 0 Å². The van der Waals surface area contributed by atoms with E-state index in [4.69, 9.17) is 4.74 Å². The Bertz CT molecular complexity index is 182. The number of rotatable bonds is 2. The zero-order chi connectivity index (χ0) is 10.3. The summed E-state index contributed by atoms with van der Waals surface area (Å²) in [7, 11) is 0. The molecule has 1 heterocycles. The second-order valence-electron chi connectivity index (χ2n) is 5.91. The highest BCUT2D eigenvalue weighted by Crippen LogP contribution is 2.55. The van der Waals surface area contributed by atoms with E-state index in [9.17, 15) is 0 Å². The molecule has 1 aliphatic heterocycles. The fourth-order valence-corrected chi connectivity index (χ4v) is 2.73. The Labute approximate surface area is 82.9 Å². The minimum Gasteiger partial charge on any atom is -0.374 e. The molecule has 1 unspecified atom stereocenters. The van der Waals surface area contributed by atoms with Gasteiger partial charge in [0, 0.05) is 6.42 Å². The van der Waals surface area contributed by atoms with Gasteiger partial charge in [-0.15, -0.1) is 0 Å². The number of hydrogen-bond acceptors (Lipinski definition) is 1. The standard InChI is InChI=1S/C12H24O/c1-7-11(5,6)12(8-9-13-12)10(2,3)4/h7-9H2,1-6H3. The van der Waals surface area contributed by atoms with Crippen molar-refractivity contribution in [3.8, 4) is 0 Å². The Morgan fingerprint density at radius 1 is 1.15 bits per heavy atom. The summed E-state index contributed by atoms with van der Waals surface area (Å²) in [5, 5.41) is 0. The SMILES string of the molecule is CCC(C)(C)C1(C(C)(C)C)CCO1. The van der Waals surface area contributed by atoms with Gasteiger partial charge < -0.3 is 4.74 Å². The first kappa shape index (κ1) is 11.0. The van der Waals surface area contributed by atoms with Crippen molar-refractivity contribution in [2.75, 3.05) is 6.61 Å². The van der Waals surface area contributed by atoms with E-state index < -0.39 is 0 Å². The van der Waals surface area contributed by atoms with Gasteiger partial charge in [0.1, 0.15) is 0 Å². The number of ether oxygens (including phenoxy) is 1. The molecule has 13 heavy (non-hydrogen) atoms. The molecule has 78 valence electrons. The lowest BCUT2D eigenvalue weighted by Gasteiger charge is -2.60. The predicted molar refractivity (Wildman–Crippen MR) is 56.8 cm³/mol. The molecule has 1 rings (SSSR count). The van der Waals surface area contributed by atoms with Crippen LogP contribution >= 0.6 is 0 Å². The molecule has 1 fully saturated rings. The Morgan fingerprint density at radius 2 is 1.62 bits per heavy atom. The maximum Gasteiger partial charge on any atom is 0.0802 e. The van der Waals surface area contributed by atoms with Gasteiger partial charge in [0.05, 0.1) is 12.2 Å². The summed E-state index contributed by atoms with van der Waals surface area (Å²) in [6.45, 7) is 14.8. The summed E-state index contributed by atoms with van der Waals surface area (Å²) in [6, 6.07) is 0. The Morgan fingerprint density at radius 3 is 1.69 bits per heavy atom. The molecule has 0 radical (unpaired) electrons. The van der Waals surface area contributed by atoms with Crippen LogP contribution in [-0.4, -0.2) is 12.2 Å². The molecular weight excluding hydrogens is 160 g/mol. The van der Waals surface area contributed by atoms with Crippen LogP contribution in [-0.2, 0) is 4.74 Å². The first-order valence-corrected chi connectivity index (χ1v) is 5.41. The first-order chi connectivity index (χ1) is 5.77. The molecule has 0 aromatic carbocycles. The van der Waals surface area contributed by atoms with Crippen LogP contribution in [0.5, 0.6) is 0 Å². The fraction of sp³-hybridized carbons (Fsp3) is 1.00. The topological polar surface area (TPSA) is 9.23 Å². The van der Waals surface area contributed by atoms with Gasteiger partial charge >= 0.3 is 0 Å². The summed E-state index contributed by atoms with van der Waals surface area (Å²) >= 11 is 0. The zero-order valence-electron chi connectivity index (χ0n) is 10.0.